The van der Waals surface area contributed by atoms with Crippen LogP contribution in [0.1, 0.15) is 20.8 Å². The first kappa shape index (κ1) is 10.5. The Hall–Kier alpha value is -0.610. The number of morpholine rings is 1. The number of ether oxygens (including phenoxy) is 1. The SMILES string of the molecule is CC1CN(C(=O)C(C)N)CC(C)O1. The van der Waals surface area contributed by atoms with E-state index < -0.39 is 6.04 Å². The molecule has 1 rings (SSSR count). The van der Waals surface area contributed by atoms with E-state index >= 15 is 0 Å². The molecule has 1 heterocycles. The van der Waals surface area contributed by atoms with Gasteiger partial charge in [0.05, 0.1) is 18.2 Å². The monoisotopic (exact) mass is 186 g/mol. The number of rotatable bonds is 1. The minimum Gasteiger partial charge on any atom is -0.372 e. The highest BCUT2D eigenvalue weighted by Gasteiger charge is 2.27. The largest absolute Gasteiger partial charge is 0.372 e. The predicted molar refractivity (Wildman–Crippen MR) is 50.2 cm³/mol. The van der Waals surface area contributed by atoms with E-state index in [1.165, 1.54) is 0 Å². The lowest BCUT2D eigenvalue weighted by atomic mass is 10.2. The van der Waals surface area contributed by atoms with E-state index in [2.05, 4.69) is 0 Å². The molecule has 3 atom stereocenters. The van der Waals surface area contributed by atoms with Gasteiger partial charge in [-0.2, -0.15) is 0 Å². The van der Waals surface area contributed by atoms with Crippen LogP contribution in [0.4, 0.5) is 0 Å². The molecule has 1 saturated heterocycles. The van der Waals surface area contributed by atoms with Crippen LogP contribution < -0.4 is 5.73 Å². The molecular formula is C9H18N2O2. The van der Waals surface area contributed by atoms with Gasteiger partial charge < -0.3 is 15.4 Å². The Morgan fingerprint density at radius 2 is 1.92 bits per heavy atom. The number of carbonyl (C=O) groups excluding carboxylic acids is 1. The molecule has 1 fully saturated rings. The second kappa shape index (κ2) is 4.07. The Morgan fingerprint density at radius 1 is 1.46 bits per heavy atom. The van der Waals surface area contributed by atoms with Crippen molar-refractivity contribution in [3.05, 3.63) is 0 Å². The Labute approximate surface area is 79.0 Å². The van der Waals surface area contributed by atoms with Gasteiger partial charge in [-0.25, -0.2) is 0 Å². The summed E-state index contributed by atoms with van der Waals surface area (Å²) in [5, 5.41) is 0. The topological polar surface area (TPSA) is 55.6 Å². The van der Waals surface area contributed by atoms with Crippen LogP contribution in [0.25, 0.3) is 0 Å². The highest BCUT2D eigenvalue weighted by molar-refractivity contribution is 5.81. The van der Waals surface area contributed by atoms with Gasteiger partial charge in [0.2, 0.25) is 5.91 Å². The minimum absolute atomic E-state index is 0.0157. The van der Waals surface area contributed by atoms with E-state index in [1.54, 1.807) is 11.8 Å². The highest BCUT2D eigenvalue weighted by Crippen LogP contribution is 2.11. The molecule has 0 bridgehead atoms. The molecular weight excluding hydrogens is 168 g/mol. The van der Waals surface area contributed by atoms with Gasteiger partial charge in [-0.3, -0.25) is 4.79 Å². The van der Waals surface area contributed by atoms with E-state index in [9.17, 15) is 4.79 Å². The summed E-state index contributed by atoms with van der Waals surface area (Å²) in [5.41, 5.74) is 5.53. The van der Waals surface area contributed by atoms with Crippen molar-refractivity contribution in [2.45, 2.75) is 39.0 Å². The van der Waals surface area contributed by atoms with Crippen molar-refractivity contribution in [2.75, 3.05) is 13.1 Å². The third kappa shape index (κ3) is 2.67. The second-order valence-corrected chi connectivity index (χ2v) is 3.79. The normalized spacial score (nSPS) is 31.5. The standard InChI is InChI=1S/C9H18N2O2/c1-6-4-11(5-7(2)13-6)9(12)8(3)10/h6-8H,4-5,10H2,1-3H3. The summed E-state index contributed by atoms with van der Waals surface area (Å²) in [6.45, 7) is 6.97. The van der Waals surface area contributed by atoms with Gasteiger partial charge in [0.25, 0.3) is 0 Å². The van der Waals surface area contributed by atoms with Crippen LogP contribution in [-0.4, -0.2) is 42.1 Å². The smallest absolute Gasteiger partial charge is 0.239 e. The van der Waals surface area contributed by atoms with Crippen LogP contribution in [0.2, 0.25) is 0 Å². The summed E-state index contributed by atoms with van der Waals surface area (Å²) in [5.74, 6) is 0.0157. The van der Waals surface area contributed by atoms with Gasteiger partial charge in [0, 0.05) is 13.1 Å². The summed E-state index contributed by atoms with van der Waals surface area (Å²) in [7, 11) is 0. The highest BCUT2D eigenvalue weighted by atomic mass is 16.5. The third-order valence-corrected chi connectivity index (χ3v) is 2.12. The predicted octanol–water partition coefficient (Wildman–Crippen LogP) is -0.0306. The van der Waals surface area contributed by atoms with Crippen LogP contribution in [0.5, 0.6) is 0 Å². The van der Waals surface area contributed by atoms with Crippen molar-refractivity contribution in [1.29, 1.82) is 0 Å². The van der Waals surface area contributed by atoms with Crippen LogP contribution >= 0.6 is 0 Å². The van der Waals surface area contributed by atoms with Crippen molar-refractivity contribution < 1.29 is 9.53 Å². The van der Waals surface area contributed by atoms with Crippen LogP contribution in [0, 0.1) is 0 Å². The van der Waals surface area contributed by atoms with E-state index in [0.717, 1.165) is 0 Å². The van der Waals surface area contributed by atoms with Gasteiger partial charge in [0.1, 0.15) is 0 Å². The molecule has 3 unspecified atom stereocenters. The van der Waals surface area contributed by atoms with E-state index in [0.29, 0.717) is 13.1 Å². The minimum atomic E-state index is -0.405. The fourth-order valence-electron chi connectivity index (χ4n) is 1.65. The average Bonchev–Trinajstić information content (AvgIpc) is 2.01. The summed E-state index contributed by atoms with van der Waals surface area (Å²) in [6.07, 6.45) is 0.234. The first-order chi connectivity index (χ1) is 6.00. The quantitative estimate of drug-likeness (QED) is 0.625. The Bertz CT molecular complexity index is 184. The maximum atomic E-state index is 11.5. The molecule has 1 aliphatic rings. The number of carbonyl (C=O) groups is 1. The zero-order valence-electron chi connectivity index (χ0n) is 8.49. The lowest BCUT2D eigenvalue weighted by Gasteiger charge is -2.36. The second-order valence-electron chi connectivity index (χ2n) is 3.79. The summed E-state index contributed by atoms with van der Waals surface area (Å²) < 4.78 is 5.51. The number of amides is 1. The Kier molecular flexibility index (Phi) is 3.27. The fraction of sp³-hybridized carbons (Fsp3) is 0.889. The summed E-state index contributed by atoms with van der Waals surface area (Å²) in [4.78, 5) is 13.3. The van der Waals surface area contributed by atoms with Gasteiger partial charge in [-0.05, 0) is 20.8 Å². The van der Waals surface area contributed by atoms with E-state index in [4.69, 9.17) is 10.5 Å². The molecule has 0 aromatic carbocycles. The molecule has 0 aliphatic carbocycles. The van der Waals surface area contributed by atoms with E-state index in [-0.39, 0.29) is 18.1 Å². The number of nitrogens with zero attached hydrogens (tertiary/aromatic N) is 1. The van der Waals surface area contributed by atoms with Gasteiger partial charge in [-0.1, -0.05) is 0 Å². The molecule has 13 heavy (non-hydrogen) atoms. The fourth-order valence-corrected chi connectivity index (χ4v) is 1.65. The molecule has 1 amide bonds. The third-order valence-electron chi connectivity index (χ3n) is 2.12. The summed E-state index contributed by atoms with van der Waals surface area (Å²) in [6, 6.07) is -0.405. The van der Waals surface area contributed by atoms with Crippen molar-refractivity contribution in [3.63, 3.8) is 0 Å². The maximum Gasteiger partial charge on any atom is 0.239 e. The lowest BCUT2D eigenvalue weighted by Crippen LogP contribution is -2.52. The average molecular weight is 186 g/mol. The molecule has 2 N–H and O–H groups in total. The summed E-state index contributed by atoms with van der Waals surface area (Å²) >= 11 is 0. The van der Waals surface area contributed by atoms with Crippen LogP contribution in [0.15, 0.2) is 0 Å². The number of hydrogen-bond acceptors (Lipinski definition) is 3. The zero-order valence-corrected chi connectivity index (χ0v) is 8.49. The molecule has 0 aromatic heterocycles. The van der Waals surface area contributed by atoms with Gasteiger partial charge in [0.15, 0.2) is 0 Å². The molecule has 0 spiro atoms. The molecule has 0 radical (unpaired) electrons. The van der Waals surface area contributed by atoms with Crippen molar-refractivity contribution in [3.8, 4) is 0 Å². The molecule has 0 saturated carbocycles. The molecule has 1 aliphatic heterocycles. The van der Waals surface area contributed by atoms with Crippen LogP contribution in [0.3, 0.4) is 0 Å². The Balaban J connectivity index is 2.55. The molecule has 76 valence electrons. The van der Waals surface area contributed by atoms with E-state index in [1.807, 2.05) is 13.8 Å². The molecule has 4 nitrogen and oxygen atoms in total. The first-order valence-corrected chi connectivity index (χ1v) is 4.70. The van der Waals surface area contributed by atoms with Crippen molar-refractivity contribution >= 4 is 5.91 Å². The number of nitrogens with two attached hydrogens (primary N) is 1. The van der Waals surface area contributed by atoms with Crippen molar-refractivity contribution in [1.82, 2.24) is 4.90 Å². The zero-order chi connectivity index (χ0) is 10.0. The first-order valence-electron chi connectivity index (χ1n) is 4.70. The van der Waals surface area contributed by atoms with Gasteiger partial charge in [-0.15, -0.1) is 0 Å². The van der Waals surface area contributed by atoms with Crippen molar-refractivity contribution in [2.24, 2.45) is 5.73 Å². The molecule has 0 aromatic rings. The maximum absolute atomic E-state index is 11.5. The molecule has 4 heteroatoms. The van der Waals surface area contributed by atoms with Crippen LogP contribution in [-0.2, 0) is 9.53 Å². The van der Waals surface area contributed by atoms with Gasteiger partial charge >= 0.3 is 0 Å². The Morgan fingerprint density at radius 3 is 2.31 bits per heavy atom. The lowest BCUT2D eigenvalue weighted by molar-refractivity contribution is -0.144. The number of hydrogen-bond donors (Lipinski definition) is 1.